The number of aromatic nitrogens is 2. The summed E-state index contributed by atoms with van der Waals surface area (Å²) >= 11 is 0. The number of hydrogen-bond donors (Lipinski definition) is 1. The third-order valence-corrected chi connectivity index (χ3v) is 4.14. The molecule has 0 amide bonds. The van der Waals surface area contributed by atoms with E-state index in [0.29, 0.717) is 18.7 Å². The van der Waals surface area contributed by atoms with E-state index in [1.807, 2.05) is 6.92 Å². The molecule has 1 aromatic heterocycles. The first-order chi connectivity index (χ1) is 9.65. The molecule has 2 atom stereocenters. The Balaban J connectivity index is 1.98. The number of likely N-dealkylation sites (tertiary alicyclic amines) is 1. The molecule has 114 valence electrons. The lowest BCUT2D eigenvalue weighted by atomic mass is 10.2. The van der Waals surface area contributed by atoms with Crippen molar-refractivity contribution in [2.24, 2.45) is 0 Å². The second-order valence-corrected chi connectivity index (χ2v) is 5.72. The Morgan fingerprint density at radius 2 is 2.35 bits per heavy atom. The van der Waals surface area contributed by atoms with Crippen molar-refractivity contribution in [1.82, 2.24) is 14.5 Å². The van der Waals surface area contributed by atoms with Crippen molar-refractivity contribution in [1.29, 1.82) is 0 Å². The Morgan fingerprint density at radius 3 is 3.05 bits per heavy atom. The Bertz CT molecular complexity index is 418. The molecule has 0 aromatic carbocycles. The first-order valence-corrected chi connectivity index (χ1v) is 7.68. The van der Waals surface area contributed by atoms with Gasteiger partial charge in [0.25, 0.3) is 0 Å². The normalized spacial score (nSPS) is 21.3. The maximum Gasteiger partial charge on any atom is 0.203 e. The summed E-state index contributed by atoms with van der Waals surface area (Å²) in [6.07, 6.45) is 4.69. The molecule has 2 unspecified atom stereocenters. The summed E-state index contributed by atoms with van der Waals surface area (Å²) in [6, 6.07) is 0.942. The predicted molar refractivity (Wildman–Crippen MR) is 82.3 cm³/mol. The predicted octanol–water partition coefficient (Wildman–Crippen LogP) is 2.30. The molecule has 20 heavy (non-hydrogen) atoms. The molecule has 1 aromatic rings. The maximum absolute atomic E-state index is 5.25. The van der Waals surface area contributed by atoms with Gasteiger partial charge in [0, 0.05) is 25.9 Å². The van der Waals surface area contributed by atoms with Gasteiger partial charge in [-0.3, -0.25) is 4.90 Å². The summed E-state index contributed by atoms with van der Waals surface area (Å²) in [5.41, 5.74) is 1.05. The third kappa shape index (κ3) is 3.52. The van der Waals surface area contributed by atoms with E-state index in [9.17, 15) is 0 Å². The van der Waals surface area contributed by atoms with Gasteiger partial charge in [-0.05, 0) is 39.8 Å². The summed E-state index contributed by atoms with van der Waals surface area (Å²) in [7, 11) is 1.74. The molecule has 0 spiro atoms. The van der Waals surface area contributed by atoms with Gasteiger partial charge in [0.15, 0.2) is 0 Å². The van der Waals surface area contributed by atoms with Crippen molar-refractivity contribution >= 4 is 5.95 Å². The summed E-state index contributed by atoms with van der Waals surface area (Å²) in [4.78, 5) is 7.15. The van der Waals surface area contributed by atoms with E-state index in [4.69, 9.17) is 4.74 Å². The Kier molecular flexibility index (Phi) is 5.43. The van der Waals surface area contributed by atoms with Crippen LogP contribution in [0.15, 0.2) is 6.20 Å². The number of nitrogens with one attached hydrogen (secondary N) is 1. The number of hydrogen-bond acceptors (Lipinski definition) is 4. The van der Waals surface area contributed by atoms with Gasteiger partial charge in [0.05, 0.1) is 18.3 Å². The number of imidazole rings is 1. The number of likely N-dealkylation sites (N-methyl/N-ethyl adjacent to an activating group) is 1. The number of ether oxygens (including phenoxy) is 1. The van der Waals surface area contributed by atoms with Gasteiger partial charge in [-0.15, -0.1) is 0 Å². The zero-order valence-corrected chi connectivity index (χ0v) is 13.2. The lowest BCUT2D eigenvalue weighted by Crippen LogP contribution is -2.35. The highest BCUT2D eigenvalue weighted by atomic mass is 16.5. The number of aryl methyl sites for hydroxylation is 1. The van der Waals surface area contributed by atoms with Crippen LogP contribution in [0.3, 0.4) is 0 Å². The molecule has 2 heterocycles. The minimum atomic E-state index is 0.301. The van der Waals surface area contributed by atoms with Crippen molar-refractivity contribution in [2.75, 3.05) is 38.7 Å². The zero-order valence-electron chi connectivity index (χ0n) is 13.2. The van der Waals surface area contributed by atoms with Gasteiger partial charge in [-0.2, -0.15) is 0 Å². The number of nitrogens with zero attached hydrogens (tertiary/aromatic N) is 3. The first kappa shape index (κ1) is 15.3. The first-order valence-electron chi connectivity index (χ1n) is 7.68. The smallest absolute Gasteiger partial charge is 0.203 e. The third-order valence-electron chi connectivity index (χ3n) is 4.14. The van der Waals surface area contributed by atoms with Gasteiger partial charge in [-0.25, -0.2) is 4.98 Å². The van der Waals surface area contributed by atoms with Gasteiger partial charge in [-0.1, -0.05) is 6.92 Å². The van der Waals surface area contributed by atoms with Crippen LogP contribution in [-0.4, -0.2) is 53.8 Å². The fraction of sp³-hybridized carbons (Fsp3) is 0.800. The van der Waals surface area contributed by atoms with Crippen molar-refractivity contribution in [3.63, 3.8) is 0 Å². The highest BCUT2D eigenvalue weighted by Crippen LogP contribution is 2.19. The Morgan fingerprint density at radius 1 is 1.55 bits per heavy atom. The van der Waals surface area contributed by atoms with Crippen molar-refractivity contribution < 1.29 is 4.74 Å². The lowest BCUT2D eigenvalue weighted by Gasteiger charge is -2.24. The number of rotatable bonds is 7. The summed E-state index contributed by atoms with van der Waals surface area (Å²) < 4.78 is 7.43. The highest BCUT2D eigenvalue weighted by Gasteiger charge is 2.23. The monoisotopic (exact) mass is 280 g/mol. The van der Waals surface area contributed by atoms with Crippen LogP contribution in [0.4, 0.5) is 5.95 Å². The quantitative estimate of drug-likeness (QED) is 0.832. The van der Waals surface area contributed by atoms with Crippen LogP contribution in [0.1, 0.15) is 38.4 Å². The number of methoxy groups -OCH3 is 1. The molecule has 2 rings (SSSR count). The molecule has 5 nitrogen and oxygen atoms in total. The van der Waals surface area contributed by atoms with E-state index in [-0.39, 0.29) is 0 Å². The van der Waals surface area contributed by atoms with Crippen LogP contribution in [0, 0.1) is 6.92 Å². The SMILES string of the molecule is CCN1CCCC1CNc1nc(C)cn1C(C)COC. The summed E-state index contributed by atoms with van der Waals surface area (Å²) in [6.45, 7) is 10.5. The topological polar surface area (TPSA) is 42.3 Å². The van der Waals surface area contributed by atoms with Gasteiger partial charge >= 0.3 is 0 Å². The van der Waals surface area contributed by atoms with E-state index in [1.165, 1.54) is 19.4 Å². The van der Waals surface area contributed by atoms with Gasteiger partial charge in [0.1, 0.15) is 0 Å². The molecule has 0 aliphatic carbocycles. The van der Waals surface area contributed by atoms with Crippen LogP contribution >= 0.6 is 0 Å². The van der Waals surface area contributed by atoms with Crippen LogP contribution in [-0.2, 0) is 4.74 Å². The van der Waals surface area contributed by atoms with Crippen LogP contribution in [0.25, 0.3) is 0 Å². The summed E-state index contributed by atoms with van der Waals surface area (Å²) in [5, 5.41) is 3.53. The molecule has 1 aliphatic heterocycles. The van der Waals surface area contributed by atoms with Crippen molar-refractivity contribution in [3.8, 4) is 0 Å². The fourth-order valence-corrected chi connectivity index (χ4v) is 3.06. The van der Waals surface area contributed by atoms with Crippen LogP contribution in [0.5, 0.6) is 0 Å². The molecule has 0 radical (unpaired) electrons. The minimum absolute atomic E-state index is 0.301. The second kappa shape index (κ2) is 7.09. The minimum Gasteiger partial charge on any atom is -0.383 e. The molecule has 1 saturated heterocycles. The van der Waals surface area contributed by atoms with E-state index in [1.54, 1.807) is 7.11 Å². The Labute approximate surface area is 122 Å². The highest BCUT2D eigenvalue weighted by molar-refractivity contribution is 5.30. The molecular weight excluding hydrogens is 252 g/mol. The van der Waals surface area contributed by atoms with Crippen molar-refractivity contribution in [3.05, 3.63) is 11.9 Å². The number of anilines is 1. The van der Waals surface area contributed by atoms with Crippen molar-refractivity contribution in [2.45, 2.75) is 45.7 Å². The van der Waals surface area contributed by atoms with E-state index in [2.05, 4.69) is 39.8 Å². The van der Waals surface area contributed by atoms with E-state index < -0.39 is 0 Å². The van der Waals surface area contributed by atoms with Crippen LogP contribution < -0.4 is 5.32 Å². The van der Waals surface area contributed by atoms with E-state index >= 15 is 0 Å². The summed E-state index contributed by atoms with van der Waals surface area (Å²) in [5.74, 6) is 0.968. The molecule has 1 aliphatic rings. The fourth-order valence-electron chi connectivity index (χ4n) is 3.06. The average molecular weight is 280 g/mol. The lowest BCUT2D eigenvalue weighted by molar-refractivity contribution is 0.163. The molecule has 0 bridgehead atoms. The molecule has 1 fully saturated rings. The van der Waals surface area contributed by atoms with Gasteiger partial charge in [0.2, 0.25) is 5.95 Å². The zero-order chi connectivity index (χ0) is 14.5. The molecule has 1 N–H and O–H groups in total. The van der Waals surface area contributed by atoms with Crippen LogP contribution in [0.2, 0.25) is 0 Å². The van der Waals surface area contributed by atoms with E-state index in [0.717, 1.165) is 24.7 Å². The van der Waals surface area contributed by atoms with Gasteiger partial charge < -0.3 is 14.6 Å². The molecule has 0 saturated carbocycles. The standard InChI is InChI=1S/C15H28N4O/c1-5-18-8-6-7-14(18)9-16-15-17-12(2)10-19(15)13(3)11-20-4/h10,13-14H,5-9,11H2,1-4H3,(H,16,17). The second-order valence-electron chi connectivity index (χ2n) is 5.72. The molecule has 5 heteroatoms. The maximum atomic E-state index is 5.25. The largest absolute Gasteiger partial charge is 0.383 e. The average Bonchev–Trinajstić information content (AvgIpc) is 3.02. The molecular formula is C15H28N4O. The Hall–Kier alpha value is -1.07.